The van der Waals surface area contributed by atoms with Crippen molar-refractivity contribution in [1.82, 2.24) is 10.9 Å². The van der Waals surface area contributed by atoms with E-state index < -0.39 is 17.6 Å². The van der Waals surface area contributed by atoms with Gasteiger partial charge in [0.1, 0.15) is 11.3 Å². The van der Waals surface area contributed by atoms with E-state index in [0.29, 0.717) is 11.3 Å². The molecule has 0 bridgehead atoms. The van der Waals surface area contributed by atoms with Crippen LogP contribution in [0.2, 0.25) is 0 Å². The van der Waals surface area contributed by atoms with Crippen molar-refractivity contribution in [2.45, 2.75) is 26.9 Å². The molecule has 0 saturated heterocycles. The van der Waals surface area contributed by atoms with Gasteiger partial charge < -0.3 is 14.5 Å². The first-order valence-corrected chi connectivity index (χ1v) is 9.37. The first-order valence-electron chi connectivity index (χ1n) is 8.96. The number of aryl methyl sites for hydroxylation is 2. The number of carbonyl (C=O) groups is 1. The van der Waals surface area contributed by atoms with E-state index in [1.807, 2.05) is 38.1 Å². The Labute approximate surface area is 173 Å². The summed E-state index contributed by atoms with van der Waals surface area (Å²) < 4.78 is 10.8. The highest BCUT2D eigenvalue weighted by Gasteiger charge is 2.15. The van der Waals surface area contributed by atoms with Gasteiger partial charge >= 0.3 is 5.63 Å². The molecule has 7 nitrogen and oxygen atoms in total. The summed E-state index contributed by atoms with van der Waals surface area (Å²) in [6, 6.07) is 14.2. The van der Waals surface area contributed by atoms with Crippen LogP contribution in [0.5, 0.6) is 5.75 Å². The number of fused-ring (bicyclic) bond motifs is 1. The average molecular weight is 411 g/mol. The van der Waals surface area contributed by atoms with E-state index in [9.17, 15) is 9.59 Å². The highest BCUT2D eigenvalue weighted by Crippen LogP contribution is 2.23. The Bertz CT molecular complexity index is 1110. The van der Waals surface area contributed by atoms with Gasteiger partial charge in [0.2, 0.25) is 0 Å². The van der Waals surface area contributed by atoms with E-state index in [2.05, 4.69) is 16.2 Å². The van der Waals surface area contributed by atoms with Crippen LogP contribution in [-0.2, 0) is 4.79 Å². The molecule has 3 N–H and O–H groups in total. The maximum atomic E-state index is 12.3. The number of anilines is 1. The van der Waals surface area contributed by atoms with E-state index in [1.165, 1.54) is 6.07 Å². The lowest BCUT2D eigenvalue weighted by Gasteiger charge is -2.17. The Balaban J connectivity index is 1.56. The maximum Gasteiger partial charge on any atom is 0.336 e. The summed E-state index contributed by atoms with van der Waals surface area (Å²) >= 11 is 5.16. The van der Waals surface area contributed by atoms with Crippen LogP contribution in [0.4, 0.5) is 5.69 Å². The van der Waals surface area contributed by atoms with Crippen molar-refractivity contribution in [3.05, 3.63) is 70.1 Å². The number of carbonyl (C=O) groups excluding carboxylic acids is 1. The molecule has 29 heavy (non-hydrogen) atoms. The van der Waals surface area contributed by atoms with Crippen LogP contribution >= 0.6 is 12.2 Å². The predicted molar refractivity (Wildman–Crippen MR) is 116 cm³/mol. The minimum absolute atomic E-state index is 0.248. The van der Waals surface area contributed by atoms with Crippen LogP contribution in [-0.4, -0.2) is 17.1 Å². The minimum Gasteiger partial charge on any atom is -0.481 e. The fourth-order valence-corrected chi connectivity index (χ4v) is 2.82. The Hall–Kier alpha value is -3.39. The SMILES string of the molecule is Cc1ccc(NC(=S)NNC(=O)[C@H](C)Oc2ccc3c(C)cc(=O)oc3c2)cc1. The summed E-state index contributed by atoms with van der Waals surface area (Å²) in [5, 5.41) is 4.02. The van der Waals surface area contributed by atoms with Crippen LogP contribution in [0.25, 0.3) is 11.0 Å². The molecule has 3 rings (SSSR count). The molecule has 0 aliphatic heterocycles. The molecule has 0 radical (unpaired) electrons. The summed E-state index contributed by atoms with van der Waals surface area (Å²) in [7, 11) is 0. The number of thiocarbonyl (C=S) groups is 1. The average Bonchev–Trinajstić information content (AvgIpc) is 2.67. The summed E-state index contributed by atoms with van der Waals surface area (Å²) in [4.78, 5) is 23.8. The number of hydrazine groups is 1. The normalized spacial score (nSPS) is 11.6. The molecule has 0 spiro atoms. The molecular weight excluding hydrogens is 390 g/mol. The van der Waals surface area contributed by atoms with Crippen LogP contribution in [0, 0.1) is 13.8 Å². The highest BCUT2D eigenvalue weighted by molar-refractivity contribution is 7.80. The van der Waals surface area contributed by atoms with Gasteiger partial charge in [0, 0.05) is 23.2 Å². The third-order valence-electron chi connectivity index (χ3n) is 4.21. The fraction of sp³-hybridized carbons (Fsp3) is 0.190. The standard InChI is InChI=1S/C21H21N3O4S/c1-12-4-6-15(7-5-12)22-21(29)24-23-20(26)14(3)27-16-8-9-17-13(2)10-19(25)28-18(17)11-16/h4-11,14H,1-3H3,(H,23,26)(H2,22,24,29)/t14-/m0/s1. The predicted octanol–water partition coefficient (Wildman–Crippen LogP) is 3.19. The second-order valence-electron chi connectivity index (χ2n) is 6.60. The van der Waals surface area contributed by atoms with Gasteiger partial charge in [-0.25, -0.2) is 4.79 Å². The largest absolute Gasteiger partial charge is 0.481 e. The number of hydrogen-bond donors (Lipinski definition) is 3. The lowest BCUT2D eigenvalue weighted by atomic mass is 10.1. The van der Waals surface area contributed by atoms with E-state index in [-0.39, 0.29) is 5.11 Å². The number of amides is 1. The molecule has 150 valence electrons. The van der Waals surface area contributed by atoms with Gasteiger partial charge in [-0.15, -0.1) is 0 Å². The molecule has 1 aromatic heterocycles. The second-order valence-corrected chi connectivity index (χ2v) is 7.01. The van der Waals surface area contributed by atoms with Gasteiger partial charge in [-0.3, -0.25) is 15.6 Å². The zero-order chi connectivity index (χ0) is 21.0. The summed E-state index contributed by atoms with van der Waals surface area (Å²) in [6.07, 6.45) is -0.807. The number of hydrogen-bond acceptors (Lipinski definition) is 5. The zero-order valence-corrected chi connectivity index (χ0v) is 17.1. The second kappa shape index (κ2) is 8.74. The van der Waals surface area contributed by atoms with Crippen molar-refractivity contribution in [3.8, 4) is 5.75 Å². The number of nitrogens with one attached hydrogen (secondary N) is 3. The first kappa shape index (κ1) is 20.3. The molecule has 0 aliphatic carbocycles. The minimum atomic E-state index is -0.807. The number of ether oxygens (including phenoxy) is 1. The number of benzene rings is 2. The van der Waals surface area contributed by atoms with Crippen molar-refractivity contribution in [2.24, 2.45) is 0 Å². The van der Waals surface area contributed by atoms with Gasteiger partial charge in [-0.1, -0.05) is 17.7 Å². The van der Waals surface area contributed by atoms with Gasteiger partial charge in [-0.05, 0) is 62.8 Å². The monoisotopic (exact) mass is 411 g/mol. The summed E-state index contributed by atoms with van der Waals surface area (Å²) in [5.74, 6) is -0.00175. The van der Waals surface area contributed by atoms with Crippen molar-refractivity contribution in [2.75, 3.05) is 5.32 Å². The molecule has 3 aromatic rings. The summed E-state index contributed by atoms with van der Waals surface area (Å²) in [5.41, 5.74) is 7.86. The van der Waals surface area contributed by atoms with Crippen molar-refractivity contribution in [3.63, 3.8) is 0 Å². The zero-order valence-electron chi connectivity index (χ0n) is 16.2. The van der Waals surface area contributed by atoms with Crippen molar-refractivity contribution < 1.29 is 13.9 Å². The Morgan fingerprint density at radius 3 is 2.52 bits per heavy atom. The van der Waals surface area contributed by atoms with E-state index in [1.54, 1.807) is 25.1 Å². The lowest BCUT2D eigenvalue weighted by Crippen LogP contribution is -2.48. The van der Waals surface area contributed by atoms with Crippen molar-refractivity contribution >= 4 is 39.9 Å². The van der Waals surface area contributed by atoms with Gasteiger partial charge in [0.15, 0.2) is 11.2 Å². The summed E-state index contributed by atoms with van der Waals surface area (Å²) in [6.45, 7) is 5.42. The highest BCUT2D eigenvalue weighted by atomic mass is 32.1. The van der Waals surface area contributed by atoms with Crippen LogP contribution < -0.4 is 26.5 Å². The van der Waals surface area contributed by atoms with Gasteiger partial charge in [0.05, 0.1) is 0 Å². The molecule has 0 unspecified atom stereocenters. The van der Waals surface area contributed by atoms with Crippen molar-refractivity contribution in [1.29, 1.82) is 0 Å². The molecule has 1 atom stereocenters. The first-order chi connectivity index (χ1) is 13.8. The molecule has 0 saturated carbocycles. The third-order valence-corrected chi connectivity index (χ3v) is 4.42. The Morgan fingerprint density at radius 1 is 1.07 bits per heavy atom. The van der Waals surface area contributed by atoms with Gasteiger partial charge in [0.25, 0.3) is 5.91 Å². The maximum absolute atomic E-state index is 12.3. The molecule has 8 heteroatoms. The molecule has 1 heterocycles. The molecule has 2 aromatic carbocycles. The topological polar surface area (TPSA) is 92.6 Å². The third kappa shape index (κ3) is 5.32. The molecule has 0 aliphatic rings. The Kier molecular flexibility index (Phi) is 6.13. The Morgan fingerprint density at radius 2 is 1.79 bits per heavy atom. The van der Waals surface area contributed by atoms with Gasteiger partial charge in [-0.2, -0.15) is 0 Å². The molecular formula is C21H21N3O4S. The van der Waals surface area contributed by atoms with E-state index >= 15 is 0 Å². The quantitative estimate of drug-likeness (QED) is 0.345. The molecule has 1 amide bonds. The van der Waals surface area contributed by atoms with Crippen LogP contribution in [0.3, 0.4) is 0 Å². The van der Waals surface area contributed by atoms with E-state index in [4.69, 9.17) is 21.4 Å². The fourth-order valence-electron chi connectivity index (χ4n) is 2.66. The smallest absolute Gasteiger partial charge is 0.336 e. The molecule has 0 fully saturated rings. The van der Waals surface area contributed by atoms with Crippen LogP contribution in [0.15, 0.2) is 57.7 Å². The lowest BCUT2D eigenvalue weighted by molar-refractivity contribution is -0.127. The van der Waals surface area contributed by atoms with Crippen LogP contribution in [0.1, 0.15) is 18.1 Å². The van der Waals surface area contributed by atoms with E-state index in [0.717, 1.165) is 22.2 Å². The number of rotatable bonds is 4.